The number of imide groups is 1. The number of rotatable bonds is 5. The number of carbonyl (C=O) groups excluding carboxylic acids is 3. The van der Waals surface area contributed by atoms with Crippen LogP contribution in [0.5, 0.6) is 0 Å². The van der Waals surface area contributed by atoms with Crippen molar-refractivity contribution in [3.63, 3.8) is 0 Å². The Morgan fingerprint density at radius 1 is 0.848 bits per heavy atom. The first-order valence-corrected chi connectivity index (χ1v) is 10.7. The number of halogens is 1. The molecule has 1 aliphatic heterocycles. The minimum absolute atomic E-state index is 0.0305. The molecule has 4 rings (SSSR count). The van der Waals surface area contributed by atoms with Crippen LogP contribution in [0.25, 0.3) is 0 Å². The molecule has 0 radical (unpaired) electrons. The Hall–Kier alpha value is -3.90. The van der Waals surface area contributed by atoms with Gasteiger partial charge in [-0.2, -0.15) is 0 Å². The smallest absolute Gasteiger partial charge is 0.283 e. The third kappa shape index (κ3) is 4.38. The van der Waals surface area contributed by atoms with Crippen molar-refractivity contribution < 1.29 is 14.4 Å². The second-order valence-corrected chi connectivity index (χ2v) is 8.28. The molecule has 0 bridgehead atoms. The topological polar surface area (TPSA) is 78.5 Å². The zero-order valence-electron chi connectivity index (χ0n) is 18.4. The summed E-state index contributed by atoms with van der Waals surface area (Å²) in [6.45, 7) is 5.69. The normalized spacial score (nSPS) is 13.5. The summed E-state index contributed by atoms with van der Waals surface area (Å²) in [5.41, 5.74) is 4.79. The fraction of sp³-hybridized carbons (Fsp3) is 0.115. The maximum atomic E-state index is 13.0. The molecular weight excluding hydrogens is 438 g/mol. The van der Waals surface area contributed by atoms with Crippen molar-refractivity contribution in [2.45, 2.75) is 20.8 Å². The molecule has 0 aliphatic carbocycles. The van der Waals surface area contributed by atoms with Crippen LogP contribution in [0.4, 0.5) is 17.1 Å². The van der Waals surface area contributed by atoms with Crippen molar-refractivity contribution in [1.29, 1.82) is 0 Å². The van der Waals surface area contributed by atoms with E-state index in [1.807, 2.05) is 51.1 Å². The van der Waals surface area contributed by atoms with Crippen LogP contribution >= 0.6 is 11.6 Å². The molecule has 3 amide bonds. The first kappa shape index (κ1) is 22.3. The summed E-state index contributed by atoms with van der Waals surface area (Å²) in [4.78, 5) is 39.6. The zero-order valence-corrected chi connectivity index (χ0v) is 19.2. The Bertz CT molecular complexity index is 1330. The molecule has 0 fully saturated rings. The molecule has 0 unspecified atom stereocenters. The van der Waals surface area contributed by atoms with Crippen molar-refractivity contribution >= 4 is 46.4 Å². The molecule has 166 valence electrons. The molecule has 33 heavy (non-hydrogen) atoms. The van der Waals surface area contributed by atoms with Crippen LogP contribution in [-0.4, -0.2) is 17.7 Å². The fourth-order valence-corrected chi connectivity index (χ4v) is 3.80. The van der Waals surface area contributed by atoms with Crippen LogP contribution < -0.4 is 15.5 Å². The molecule has 3 aromatic rings. The Morgan fingerprint density at radius 2 is 1.61 bits per heavy atom. The first-order chi connectivity index (χ1) is 15.8. The second-order valence-electron chi connectivity index (χ2n) is 7.90. The highest BCUT2D eigenvalue weighted by atomic mass is 35.5. The number of hydrogen-bond donors (Lipinski definition) is 2. The Morgan fingerprint density at radius 3 is 2.36 bits per heavy atom. The summed E-state index contributed by atoms with van der Waals surface area (Å²) in [5.74, 6) is -1.44. The van der Waals surface area contributed by atoms with Gasteiger partial charge in [-0.05, 0) is 67.8 Å². The summed E-state index contributed by atoms with van der Waals surface area (Å²) >= 11 is 6.24. The van der Waals surface area contributed by atoms with Gasteiger partial charge in [0.2, 0.25) is 0 Å². The van der Waals surface area contributed by atoms with Gasteiger partial charge in [0.1, 0.15) is 10.7 Å². The van der Waals surface area contributed by atoms with Crippen LogP contribution in [0.2, 0.25) is 0 Å². The van der Waals surface area contributed by atoms with Gasteiger partial charge < -0.3 is 10.6 Å². The highest BCUT2D eigenvalue weighted by Gasteiger charge is 2.39. The van der Waals surface area contributed by atoms with Crippen molar-refractivity contribution in [2.24, 2.45) is 0 Å². The van der Waals surface area contributed by atoms with Gasteiger partial charge in [-0.1, -0.05) is 48.0 Å². The number of anilines is 3. The van der Waals surface area contributed by atoms with Gasteiger partial charge in [0, 0.05) is 16.9 Å². The molecule has 7 heteroatoms. The standard InChI is InChI=1S/C26H22ClN3O3/c1-15-11-12-16(2)20(13-15)29-24(31)18-8-6-9-19(14-18)28-23-22(27)25(32)30(26(23)33)21-10-5-4-7-17(21)3/h4-14,28H,1-3H3,(H,29,31). The largest absolute Gasteiger partial charge is 0.350 e. The Kier molecular flexibility index (Phi) is 6.03. The van der Waals surface area contributed by atoms with E-state index in [0.717, 1.165) is 27.3 Å². The summed E-state index contributed by atoms with van der Waals surface area (Å²) in [6.07, 6.45) is 0. The van der Waals surface area contributed by atoms with E-state index in [9.17, 15) is 14.4 Å². The monoisotopic (exact) mass is 459 g/mol. The molecule has 2 N–H and O–H groups in total. The minimum Gasteiger partial charge on any atom is -0.350 e. The molecule has 0 spiro atoms. The lowest BCUT2D eigenvalue weighted by atomic mass is 10.1. The van der Waals surface area contributed by atoms with Crippen molar-refractivity contribution in [3.8, 4) is 0 Å². The van der Waals surface area contributed by atoms with Gasteiger partial charge in [0.05, 0.1) is 5.69 Å². The summed E-state index contributed by atoms with van der Waals surface area (Å²) in [6, 6.07) is 19.6. The number of benzene rings is 3. The van der Waals surface area contributed by atoms with E-state index in [-0.39, 0.29) is 16.6 Å². The Labute approximate surface area is 196 Å². The van der Waals surface area contributed by atoms with E-state index >= 15 is 0 Å². The minimum atomic E-state index is -0.595. The number of hydrogen-bond acceptors (Lipinski definition) is 4. The van der Waals surface area contributed by atoms with Crippen molar-refractivity contribution in [3.05, 3.63) is 99.7 Å². The number of para-hydroxylation sites is 1. The predicted molar refractivity (Wildman–Crippen MR) is 130 cm³/mol. The lowest BCUT2D eigenvalue weighted by Crippen LogP contribution is -2.32. The highest BCUT2D eigenvalue weighted by Crippen LogP contribution is 2.32. The molecule has 1 aliphatic rings. The quantitative estimate of drug-likeness (QED) is 0.507. The van der Waals surface area contributed by atoms with Gasteiger partial charge in [-0.15, -0.1) is 0 Å². The average molecular weight is 460 g/mol. The number of nitrogens with zero attached hydrogens (tertiary/aromatic N) is 1. The third-order valence-electron chi connectivity index (χ3n) is 5.42. The molecule has 0 atom stereocenters. The van der Waals surface area contributed by atoms with Gasteiger partial charge >= 0.3 is 0 Å². The molecule has 0 saturated carbocycles. The van der Waals surface area contributed by atoms with Gasteiger partial charge in [0.15, 0.2) is 0 Å². The van der Waals surface area contributed by atoms with Crippen molar-refractivity contribution in [1.82, 2.24) is 0 Å². The van der Waals surface area contributed by atoms with E-state index in [1.54, 1.807) is 36.4 Å². The van der Waals surface area contributed by atoms with Crippen LogP contribution in [0.3, 0.4) is 0 Å². The number of carbonyl (C=O) groups is 3. The van der Waals surface area contributed by atoms with Crippen LogP contribution in [-0.2, 0) is 9.59 Å². The van der Waals surface area contributed by atoms with Gasteiger partial charge in [-0.25, -0.2) is 4.90 Å². The number of amides is 3. The van der Waals surface area contributed by atoms with E-state index in [2.05, 4.69) is 10.6 Å². The summed E-state index contributed by atoms with van der Waals surface area (Å²) in [7, 11) is 0. The predicted octanol–water partition coefficient (Wildman–Crippen LogP) is 5.30. The molecule has 3 aromatic carbocycles. The molecule has 1 heterocycles. The Balaban J connectivity index is 1.56. The average Bonchev–Trinajstić information content (AvgIpc) is 3.00. The molecule has 0 saturated heterocycles. The molecule has 0 aromatic heterocycles. The van der Waals surface area contributed by atoms with Crippen LogP contribution in [0.15, 0.2) is 77.5 Å². The fourth-order valence-electron chi connectivity index (χ4n) is 3.59. The lowest BCUT2D eigenvalue weighted by molar-refractivity contribution is -0.120. The maximum absolute atomic E-state index is 13.0. The van der Waals surface area contributed by atoms with Crippen LogP contribution in [0, 0.1) is 20.8 Å². The third-order valence-corrected chi connectivity index (χ3v) is 5.77. The number of aryl methyl sites for hydroxylation is 3. The zero-order chi connectivity index (χ0) is 23.7. The van der Waals surface area contributed by atoms with E-state index < -0.39 is 11.8 Å². The lowest BCUT2D eigenvalue weighted by Gasteiger charge is -2.17. The van der Waals surface area contributed by atoms with Crippen LogP contribution in [0.1, 0.15) is 27.0 Å². The second kappa shape index (κ2) is 8.92. The van der Waals surface area contributed by atoms with Gasteiger partial charge in [0.25, 0.3) is 17.7 Å². The van der Waals surface area contributed by atoms with Gasteiger partial charge in [-0.3, -0.25) is 14.4 Å². The summed E-state index contributed by atoms with van der Waals surface area (Å²) < 4.78 is 0. The first-order valence-electron chi connectivity index (χ1n) is 10.4. The van der Waals surface area contributed by atoms with Crippen molar-refractivity contribution in [2.75, 3.05) is 15.5 Å². The van der Waals surface area contributed by atoms with E-state index in [0.29, 0.717) is 16.9 Å². The van der Waals surface area contributed by atoms with E-state index in [4.69, 9.17) is 11.6 Å². The maximum Gasteiger partial charge on any atom is 0.283 e. The SMILES string of the molecule is Cc1ccc(C)c(NC(=O)c2cccc(NC3=C(Cl)C(=O)N(c4ccccc4C)C3=O)c2)c1. The molecule has 6 nitrogen and oxygen atoms in total. The summed E-state index contributed by atoms with van der Waals surface area (Å²) in [5, 5.41) is 5.64. The highest BCUT2D eigenvalue weighted by molar-refractivity contribution is 6.53. The molecular formula is C26H22ClN3O3. The van der Waals surface area contributed by atoms with E-state index in [1.165, 1.54) is 0 Å². The number of nitrogens with one attached hydrogen (secondary N) is 2.